The van der Waals surface area contributed by atoms with E-state index in [0.29, 0.717) is 18.1 Å². The van der Waals surface area contributed by atoms with Crippen LogP contribution in [0.1, 0.15) is 11.5 Å². The van der Waals surface area contributed by atoms with Crippen LogP contribution in [0, 0.1) is 0 Å². The maximum Gasteiger partial charge on any atom is 0.231 e. The second kappa shape index (κ2) is 4.94. The standard InChI is InChI=1S/C15H12N2O2/c18-13-8-6-12(7-9-13)15-16-14(19-17-15)10-11-4-2-1-3-5-11/h1-9,18H,10H2. The van der Waals surface area contributed by atoms with Crippen molar-refractivity contribution in [1.29, 1.82) is 0 Å². The normalized spacial score (nSPS) is 10.5. The summed E-state index contributed by atoms with van der Waals surface area (Å²) < 4.78 is 5.23. The van der Waals surface area contributed by atoms with Crippen LogP contribution in [0.4, 0.5) is 0 Å². The Labute approximate surface area is 110 Å². The first kappa shape index (κ1) is 11.5. The third-order valence-corrected chi connectivity index (χ3v) is 2.79. The molecule has 3 aromatic rings. The van der Waals surface area contributed by atoms with Crippen LogP contribution in [-0.2, 0) is 6.42 Å². The van der Waals surface area contributed by atoms with Gasteiger partial charge in [-0.1, -0.05) is 35.5 Å². The van der Waals surface area contributed by atoms with Gasteiger partial charge in [0.15, 0.2) is 0 Å². The molecule has 4 heteroatoms. The highest BCUT2D eigenvalue weighted by molar-refractivity contribution is 5.55. The molecule has 4 nitrogen and oxygen atoms in total. The number of rotatable bonds is 3. The molecule has 0 saturated heterocycles. The van der Waals surface area contributed by atoms with E-state index in [1.54, 1.807) is 24.3 Å². The molecule has 0 unspecified atom stereocenters. The van der Waals surface area contributed by atoms with Gasteiger partial charge in [0.25, 0.3) is 0 Å². The van der Waals surface area contributed by atoms with Crippen LogP contribution < -0.4 is 0 Å². The van der Waals surface area contributed by atoms with Crippen LogP contribution in [0.15, 0.2) is 59.1 Å². The molecule has 0 aliphatic rings. The van der Waals surface area contributed by atoms with Gasteiger partial charge in [0.1, 0.15) is 5.75 Å². The molecule has 0 bridgehead atoms. The summed E-state index contributed by atoms with van der Waals surface area (Å²) in [6.45, 7) is 0. The van der Waals surface area contributed by atoms with Crippen molar-refractivity contribution < 1.29 is 9.63 Å². The third-order valence-electron chi connectivity index (χ3n) is 2.79. The van der Waals surface area contributed by atoms with E-state index in [1.165, 1.54) is 0 Å². The fourth-order valence-electron chi connectivity index (χ4n) is 1.82. The molecule has 19 heavy (non-hydrogen) atoms. The smallest absolute Gasteiger partial charge is 0.231 e. The van der Waals surface area contributed by atoms with Crippen molar-refractivity contribution in [2.45, 2.75) is 6.42 Å². The van der Waals surface area contributed by atoms with Crippen molar-refractivity contribution in [3.8, 4) is 17.1 Å². The molecular weight excluding hydrogens is 240 g/mol. The molecule has 1 aromatic heterocycles. The molecule has 2 aromatic carbocycles. The van der Waals surface area contributed by atoms with E-state index in [-0.39, 0.29) is 5.75 Å². The Kier molecular flexibility index (Phi) is 2.98. The average molecular weight is 252 g/mol. The van der Waals surface area contributed by atoms with Crippen molar-refractivity contribution in [3.63, 3.8) is 0 Å². The molecule has 0 aliphatic heterocycles. The second-order valence-corrected chi connectivity index (χ2v) is 4.22. The fourth-order valence-corrected chi connectivity index (χ4v) is 1.82. The summed E-state index contributed by atoms with van der Waals surface area (Å²) in [6.07, 6.45) is 0.617. The van der Waals surface area contributed by atoms with E-state index in [9.17, 15) is 5.11 Å². The Hall–Kier alpha value is -2.62. The molecule has 0 aliphatic carbocycles. The molecule has 0 radical (unpaired) electrons. The van der Waals surface area contributed by atoms with Crippen LogP contribution >= 0.6 is 0 Å². The Morgan fingerprint density at radius 2 is 1.68 bits per heavy atom. The largest absolute Gasteiger partial charge is 0.508 e. The zero-order valence-electron chi connectivity index (χ0n) is 10.2. The van der Waals surface area contributed by atoms with Crippen LogP contribution in [0.5, 0.6) is 5.75 Å². The van der Waals surface area contributed by atoms with Gasteiger partial charge in [0.05, 0.1) is 6.42 Å². The van der Waals surface area contributed by atoms with Gasteiger partial charge in [-0.2, -0.15) is 4.98 Å². The number of phenolic OH excluding ortho intramolecular Hbond substituents is 1. The van der Waals surface area contributed by atoms with Crippen molar-refractivity contribution in [2.75, 3.05) is 0 Å². The van der Waals surface area contributed by atoms with E-state index < -0.39 is 0 Å². The lowest BCUT2D eigenvalue weighted by Gasteiger charge is -1.95. The first-order valence-corrected chi connectivity index (χ1v) is 5.97. The van der Waals surface area contributed by atoms with Crippen molar-refractivity contribution in [1.82, 2.24) is 10.1 Å². The monoisotopic (exact) mass is 252 g/mol. The van der Waals surface area contributed by atoms with Gasteiger partial charge < -0.3 is 9.63 Å². The van der Waals surface area contributed by atoms with Crippen LogP contribution in [0.25, 0.3) is 11.4 Å². The number of aromatic hydroxyl groups is 1. The molecule has 94 valence electrons. The molecule has 1 heterocycles. The summed E-state index contributed by atoms with van der Waals surface area (Å²) in [7, 11) is 0. The van der Waals surface area contributed by atoms with Gasteiger partial charge in [-0.3, -0.25) is 0 Å². The minimum absolute atomic E-state index is 0.219. The summed E-state index contributed by atoms with van der Waals surface area (Å²) in [5, 5.41) is 13.2. The first-order chi connectivity index (χ1) is 9.31. The number of benzene rings is 2. The molecule has 0 fully saturated rings. The molecule has 0 spiro atoms. The fraction of sp³-hybridized carbons (Fsp3) is 0.0667. The van der Waals surface area contributed by atoms with E-state index in [1.807, 2.05) is 30.3 Å². The quantitative estimate of drug-likeness (QED) is 0.778. The predicted molar refractivity (Wildman–Crippen MR) is 70.6 cm³/mol. The van der Waals surface area contributed by atoms with Gasteiger partial charge in [-0.15, -0.1) is 0 Å². The van der Waals surface area contributed by atoms with Gasteiger partial charge in [-0.25, -0.2) is 0 Å². The zero-order valence-corrected chi connectivity index (χ0v) is 10.2. The van der Waals surface area contributed by atoms with Gasteiger partial charge in [0, 0.05) is 5.56 Å². The van der Waals surface area contributed by atoms with Crippen molar-refractivity contribution >= 4 is 0 Å². The number of nitrogens with zero attached hydrogens (tertiary/aromatic N) is 2. The maximum atomic E-state index is 9.24. The van der Waals surface area contributed by atoms with Crippen LogP contribution in [0.2, 0.25) is 0 Å². The lowest BCUT2D eigenvalue weighted by molar-refractivity contribution is 0.385. The minimum Gasteiger partial charge on any atom is -0.508 e. The van der Waals surface area contributed by atoms with E-state index >= 15 is 0 Å². The molecular formula is C15H12N2O2. The van der Waals surface area contributed by atoms with Crippen LogP contribution in [-0.4, -0.2) is 15.2 Å². The number of phenols is 1. The van der Waals surface area contributed by atoms with Crippen LogP contribution in [0.3, 0.4) is 0 Å². The van der Waals surface area contributed by atoms with E-state index in [0.717, 1.165) is 11.1 Å². The Morgan fingerprint density at radius 3 is 2.42 bits per heavy atom. The average Bonchev–Trinajstić information content (AvgIpc) is 2.89. The summed E-state index contributed by atoms with van der Waals surface area (Å²) >= 11 is 0. The Morgan fingerprint density at radius 1 is 0.947 bits per heavy atom. The lowest BCUT2D eigenvalue weighted by Crippen LogP contribution is -1.87. The zero-order chi connectivity index (χ0) is 13.1. The lowest BCUT2D eigenvalue weighted by atomic mass is 10.1. The van der Waals surface area contributed by atoms with Gasteiger partial charge in [0.2, 0.25) is 11.7 Å². The van der Waals surface area contributed by atoms with E-state index in [4.69, 9.17) is 4.52 Å². The highest BCUT2D eigenvalue weighted by Gasteiger charge is 2.08. The number of hydrogen-bond donors (Lipinski definition) is 1. The highest BCUT2D eigenvalue weighted by Crippen LogP contribution is 2.19. The molecule has 3 rings (SSSR count). The molecule has 0 amide bonds. The first-order valence-electron chi connectivity index (χ1n) is 5.97. The van der Waals surface area contributed by atoms with Crippen molar-refractivity contribution in [2.24, 2.45) is 0 Å². The molecule has 0 atom stereocenters. The van der Waals surface area contributed by atoms with Gasteiger partial charge in [-0.05, 0) is 29.8 Å². The Bertz CT molecular complexity index is 660. The summed E-state index contributed by atoms with van der Waals surface area (Å²) in [5.41, 5.74) is 1.95. The molecule has 0 saturated carbocycles. The Balaban J connectivity index is 1.82. The van der Waals surface area contributed by atoms with E-state index in [2.05, 4.69) is 10.1 Å². The topological polar surface area (TPSA) is 59.2 Å². The molecule has 1 N–H and O–H groups in total. The predicted octanol–water partition coefficient (Wildman–Crippen LogP) is 3.03. The highest BCUT2D eigenvalue weighted by atomic mass is 16.5. The number of aromatic nitrogens is 2. The van der Waals surface area contributed by atoms with Crippen molar-refractivity contribution in [3.05, 3.63) is 66.1 Å². The third kappa shape index (κ3) is 2.63. The second-order valence-electron chi connectivity index (χ2n) is 4.22. The SMILES string of the molecule is Oc1ccc(-c2noc(Cc3ccccc3)n2)cc1. The minimum atomic E-state index is 0.219. The summed E-state index contributed by atoms with van der Waals surface area (Å²) in [6, 6.07) is 16.7. The summed E-state index contributed by atoms with van der Waals surface area (Å²) in [5.74, 6) is 1.33. The maximum absolute atomic E-state index is 9.24. The van der Waals surface area contributed by atoms with Gasteiger partial charge >= 0.3 is 0 Å². The number of hydrogen-bond acceptors (Lipinski definition) is 4. The summed E-state index contributed by atoms with van der Waals surface area (Å²) in [4.78, 5) is 4.35.